The first-order valence-electron chi connectivity index (χ1n) is 12.8. The molecule has 3 amide bonds. The van der Waals surface area contributed by atoms with Crippen LogP contribution in [0, 0.1) is 0 Å². The van der Waals surface area contributed by atoms with Gasteiger partial charge in [0.15, 0.2) is 18.1 Å². The molecule has 0 saturated heterocycles. The molecule has 0 aliphatic carbocycles. The molecule has 0 unspecified atom stereocenters. The van der Waals surface area contributed by atoms with Crippen molar-refractivity contribution in [3.05, 3.63) is 83.4 Å². The second-order valence-corrected chi connectivity index (χ2v) is 8.95. The van der Waals surface area contributed by atoms with E-state index in [0.29, 0.717) is 35.3 Å². The number of benzene rings is 3. The molecule has 0 spiro atoms. The number of carbonyl (C=O) groups is 3. The van der Waals surface area contributed by atoms with E-state index in [0.717, 1.165) is 5.56 Å². The van der Waals surface area contributed by atoms with Crippen LogP contribution in [-0.2, 0) is 20.9 Å². The fraction of sp³-hybridized carbons (Fsp3) is 0.267. The number of anilines is 1. The molecule has 0 aliphatic heterocycles. The molecule has 0 fully saturated rings. The molecule has 10 heteroatoms. The number of nitrogens with zero attached hydrogens (tertiary/aromatic N) is 1. The molecule has 0 radical (unpaired) electrons. The molecule has 210 valence electrons. The minimum Gasteiger partial charge on any atom is -0.494 e. The predicted octanol–water partition coefficient (Wildman–Crippen LogP) is 4.00. The molecule has 3 aromatic carbocycles. The third-order valence-corrected chi connectivity index (χ3v) is 5.70. The van der Waals surface area contributed by atoms with Crippen LogP contribution in [0.4, 0.5) is 5.69 Å². The van der Waals surface area contributed by atoms with Crippen molar-refractivity contribution in [3.8, 4) is 17.2 Å². The molecule has 40 heavy (non-hydrogen) atoms. The Morgan fingerprint density at radius 1 is 0.925 bits per heavy atom. The number of rotatable bonds is 12. The lowest BCUT2D eigenvalue weighted by Gasteiger charge is -2.13. The SMILES string of the molecule is CCOc1ccc(NC(=O)COc2c(/C=N\NC(=O)C(=O)NCc3ccc(C(C)C)cc3)cccc2OC)cc1. The summed E-state index contributed by atoms with van der Waals surface area (Å²) in [5, 5.41) is 9.18. The number of hydrogen-bond donors (Lipinski definition) is 3. The summed E-state index contributed by atoms with van der Waals surface area (Å²) in [7, 11) is 1.46. The lowest BCUT2D eigenvalue weighted by Crippen LogP contribution is -2.37. The Morgan fingerprint density at radius 3 is 2.30 bits per heavy atom. The molecule has 3 aromatic rings. The maximum Gasteiger partial charge on any atom is 0.329 e. The molecular formula is C30H34N4O6. The van der Waals surface area contributed by atoms with Crippen LogP contribution in [0.5, 0.6) is 17.2 Å². The molecule has 0 atom stereocenters. The van der Waals surface area contributed by atoms with Crippen molar-refractivity contribution in [3.63, 3.8) is 0 Å². The second-order valence-electron chi connectivity index (χ2n) is 8.95. The highest BCUT2D eigenvalue weighted by Crippen LogP contribution is 2.30. The minimum absolute atomic E-state index is 0.209. The Balaban J connectivity index is 1.54. The summed E-state index contributed by atoms with van der Waals surface area (Å²) in [6, 6.07) is 19.8. The first kappa shape index (κ1) is 29.7. The van der Waals surface area contributed by atoms with E-state index in [1.54, 1.807) is 42.5 Å². The van der Waals surface area contributed by atoms with Gasteiger partial charge in [0.05, 0.1) is 19.9 Å². The highest BCUT2D eigenvalue weighted by Gasteiger charge is 2.14. The number of nitrogens with one attached hydrogen (secondary N) is 3. The van der Waals surface area contributed by atoms with E-state index in [1.165, 1.54) is 18.9 Å². The van der Waals surface area contributed by atoms with E-state index in [9.17, 15) is 14.4 Å². The number of amides is 3. The van der Waals surface area contributed by atoms with Crippen molar-refractivity contribution in [2.24, 2.45) is 5.10 Å². The monoisotopic (exact) mass is 546 g/mol. The summed E-state index contributed by atoms with van der Waals surface area (Å²) in [6.07, 6.45) is 1.30. The van der Waals surface area contributed by atoms with Gasteiger partial charge in [0.1, 0.15) is 5.75 Å². The maximum absolute atomic E-state index is 12.5. The van der Waals surface area contributed by atoms with Crippen LogP contribution in [0.1, 0.15) is 43.4 Å². The third-order valence-electron chi connectivity index (χ3n) is 5.70. The zero-order chi connectivity index (χ0) is 28.9. The number of hydrogen-bond acceptors (Lipinski definition) is 7. The van der Waals surface area contributed by atoms with Gasteiger partial charge in [-0.05, 0) is 60.4 Å². The molecule has 3 N–H and O–H groups in total. The minimum atomic E-state index is -0.921. The van der Waals surface area contributed by atoms with Crippen LogP contribution in [-0.4, -0.2) is 44.3 Å². The number of hydrazone groups is 1. The van der Waals surface area contributed by atoms with Crippen molar-refractivity contribution >= 4 is 29.6 Å². The van der Waals surface area contributed by atoms with Gasteiger partial charge in [-0.15, -0.1) is 0 Å². The van der Waals surface area contributed by atoms with Crippen LogP contribution >= 0.6 is 0 Å². The highest BCUT2D eigenvalue weighted by atomic mass is 16.5. The number of methoxy groups -OCH3 is 1. The van der Waals surface area contributed by atoms with E-state index in [2.05, 4.69) is 35.0 Å². The third kappa shape index (κ3) is 8.87. The van der Waals surface area contributed by atoms with Crippen molar-refractivity contribution in [1.29, 1.82) is 0 Å². The normalized spacial score (nSPS) is 10.7. The van der Waals surface area contributed by atoms with Crippen LogP contribution in [0.2, 0.25) is 0 Å². The van der Waals surface area contributed by atoms with Gasteiger partial charge in [0, 0.05) is 17.8 Å². The van der Waals surface area contributed by atoms with Gasteiger partial charge < -0.3 is 24.8 Å². The van der Waals surface area contributed by atoms with Crippen LogP contribution in [0.3, 0.4) is 0 Å². The zero-order valence-corrected chi connectivity index (χ0v) is 23.0. The number of para-hydroxylation sites is 1. The fourth-order valence-electron chi connectivity index (χ4n) is 3.58. The Hall–Kier alpha value is -4.86. The molecule has 0 heterocycles. The highest BCUT2D eigenvalue weighted by molar-refractivity contribution is 6.35. The topological polar surface area (TPSA) is 127 Å². The van der Waals surface area contributed by atoms with E-state index in [4.69, 9.17) is 14.2 Å². The molecule has 3 rings (SSSR count). The van der Waals surface area contributed by atoms with Gasteiger partial charge in [-0.3, -0.25) is 14.4 Å². The molecule has 0 aromatic heterocycles. The average Bonchev–Trinajstić information content (AvgIpc) is 2.96. The van der Waals surface area contributed by atoms with Crippen molar-refractivity contribution in [2.75, 3.05) is 25.6 Å². The lowest BCUT2D eigenvalue weighted by atomic mass is 10.0. The van der Waals surface area contributed by atoms with Crippen molar-refractivity contribution < 1.29 is 28.6 Å². The van der Waals surface area contributed by atoms with Gasteiger partial charge in [-0.25, -0.2) is 5.43 Å². The maximum atomic E-state index is 12.5. The van der Waals surface area contributed by atoms with Crippen molar-refractivity contribution in [1.82, 2.24) is 10.7 Å². The summed E-state index contributed by atoms with van der Waals surface area (Å²) in [5.74, 6) is -0.403. The van der Waals surface area contributed by atoms with Gasteiger partial charge in [0.2, 0.25) is 0 Å². The molecule has 0 saturated carbocycles. The molecule has 10 nitrogen and oxygen atoms in total. The Kier molecular flexibility index (Phi) is 11.1. The van der Waals surface area contributed by atoms with E-state index in [-0.39, 0.29) is 24.8 Å². The van der Waals surface area contributed by atoms with Crippen molar-refractivity contribution in [2.45, 2.75) is 33.2 Å². The van der Waals surface area contributed by atoms with Gasteiger partial charge in [-0.2, -0.15) is 5.10 Å². The van der Waals surface area contributed by atoms with Crippen LogP contribution in [0.25, 0.3) is 0 Å². The summed E-state index contributed by atoms with van der Waals surface area (Å²) in [4.78, 5) is 36.8. The second kappa shape index (κ2) is 14.9. The first-order valence-corrected chi connectivity index (χ1v) is 12.8. The quantitative estimate of drug-likeness (QED) is 0.179. The number of carbonyl (C=O) groups excluding carboxylic acids is 3. The summed E-state index contributed by atoms with van der Waals surface area (Å²) in [6.45, 7) is 6.55. The standard InChI is InChI=1S/C30H34N4O6/c1-5-39-25-15-13-24(14-16-25)33-27(35)19-40-28-23(7-6-8-26(28)38-4)18-32-34-30(37)29(36)31-17-21-9-11-22(12-10-21)20(2)3/h6-16,18,20H,5,17,19H2,1-4H3,(H,31,36)(H,33,35)(H,34,37)/b32-18-. The lowest BCUT2D eigenvalue weighted by molar-refractivity contribution is -0.139. The molecule has 0 aliphatic rings. The van der Waals surface area contributed by atoms with E-state index < -0.39 is 11.8 Å². The van der Waals surface area contributed by atoms with Gasteiger partial charge in [-0.1, -0.05) is 44.2 Å². The molecular weight excluding hydrogens is 512 g/mol. The van der Waals surface area contributed by atoms with E-state index >= 15 is 0 Å². The smallest absolute Gasteiger partial charge is 0.329 e. The Morgan fingerprint density at radius 2 is 1.65 bits per heavy atom. The fourth-order valence-corrected chi connectivity index (χ4v) is 3.58. The van der Waals surface area contributed by atoms with Crippen LogP contribution < -0.4 is 30.3 Å². The Bertz CT molecular complexity index is 1320. The average molecular weight is 547 g/mol. The van der Waals surface area contributed by atoms with Gasteiger partial charge >= 0.3 is 11.8 Å². The van der Waals surface area contributed by atoms with E-state index in [1.807, 2.05) is 31.2 Å². The summed E-state index contributed by atoms with van der Waals surface area (Å²) < 4.78 is 16.5. The predicted molar refractivity (Wildman–Crippen MR) is 153 cm³/mol. The zero-order valence-electron chi connectivity index (χ0n) is 23.0. The Labute approximate surface area is 233 Å². The first-order chi connectivity index (χ1) is 19.3. The van der Waals surface area contributed by atoms with Gasteiger partial charge in [0.25, 0.3) is 5.91 Å². The number of ether oxygens (including phenoxy) is 3. The molecule has 0 bridgehead atoms. The van der Waals surface area contributed by atoms with Crippen LogP contribution in [0.15, 0.2) is 71.8 Å². The summed E-state index contributed by atoms with van der Waals surface area (Å²) >= 11 is 0. The summed E-state index contributed by atoms with van der Waals surface area (Å²) in [5.41, 5.74) is 5.28. The largest absolute Gasteiger partial charge is 0.494 e.